The molecule has 0 spiro atoms. The van der Waals surface area contributed by atoms with E-state index in [4.69, 9.17) is 9.29 Å². The van der Waals surface area contributed by atoms with E-state index in [0.717, 1.165) is 6.42 Å². The normalized spacial score (nSPS) is 37.9. The number of halogens is 3. The second-order valence-electron chi connectivity index (χ2n) is 8.22. The molecule has 0 radical (unpaired) electrons. The smallest absolute Gasteiger partial charge is 0.312 e. The summed E-state index contributed by atoms with van der Waals surface area (Å²) in [7, 11) is 0. The zero-order chi connectivity index (χ0) is 19.3. The number of ether oxygens (including phenoxy) is 1. The third-order valence-electron chi connectivity index (χ3n) is 6.07. The Morgan fingerprint density at radius 3 is 2.31 bits per heavy atom. The van der Waals surface area contributed by atoms with Crippen LogP contribution in [0.15, 0.2) is 0 Å². The molecule has 4 aliphatic carbocycles. The molecule has 4 unspecified atom stereocenters. The van der Waals surface area contributed by atoms with E-state index in [2.05, 4.69) is 0 Å². The van der Waals surface area contributed by atoms with E-state index in [1.807, 2.05) is 4.72 Å². The van der Waals surface area contributed by atoms with Crippen LogP contribution in [0.3, 0.4) is 0 Å². The highest BCUT2D eigenvalue weighted by Crippen LogP contribution is 2.65. The predicted octanol–water partition coefficient (Wildman–Crippen LogP) is 2.36. The highest BCUT2D eigenvalue weighted by atomic mass is 32.2. The lowest BCUT2D eigenvalue weighted by molar-refractivity contribution is -0.187. The first kappa shape index (κ1) is 19.6. The molecule has 0 heterocycles. The first-order chi connectivity index (χ1) is 12.0. The van der Waals surface area contributed by atoms with E-state index in [0.29, 0.717) is 32.6 Å². The Labute approximate surface area is 151 Å². The molecule has 1 amide bonds. The van der Waals surface area contributed by atoms with Crippen LogP contribution in [0, 0.1) is 22.7 Å². The van der Waals surface area contributed by atoms with Gasteiger partial charge in [-0.15, -0.1) is 0 Å². The van der Waals surface area contributed by atoms with Crippen molar-refractivity contribution in [3.63, 3.8) is 0 Å². The topological polar surface area (TPSA) is 92.7 Å². The summed E-state index contributed by atoms with van der Waals surface area (Å²) in [5.74, 6) is -4.77. The van der Waals surface area contributed by atoms with E-state index < -0.39 is 52.7 Å². The van der Waals surface area contributed by atoms with E-state index in [-0.39, 0.29) is 18.3 Å². The highest BCUT2D eigenvalue weighted by molar-refractivity contribution is 7.77. The van der Waals surface area contributed by atoms with Gasteiger partial charge in [0.05, 0.1) is 10.8 Å². The Morgan fingerprint density at radius 2 is 1.81 bits per heavy atom. The number of carbonyl (C=O) groups excluding carboxylic acids is 2. The van der Waals surface area contributed by atoms with Gasteiger partial charge in [-0.05, 0) is 50.4 Å². The van der Waals surface area contributed by atoms with Crippen LogP contribution in [0.4, 0.5) is 13.2 Å². The lowest BCUT2D eigenvalue weighted by Crippen LogP contribution is -2.60. The zero-order valence-electron chi connectivity index (χ0n) is 14.3. The molecule has 0 saturated heterocycles. The maximum absolute atomic E-state index is 13.4. The monoisotopic (exact) mass is 397 g/mol. The summed E-state index contributed by atoms with van der Waals surface area (Å²) >= 11 is -2.50. The van der Waals surface area contributed by atoms with Gasteiger partial charge in [-0.1, -0.05) is 0 Å². The third-order valence-corrected chi connectivity index (χ3v) is 6.43. The first-order valence-corrected chi connectivity index (χ1v) is 9.68. The molecule has 10 heteroatoms. The van der Waals surface area contributed by atoms with E-state index >= 15 is 0 Å². The van der Waals surface area contributed by atoms with Crippen molar-refractivity contribution in [2.45, 2.75) is 57.5 Å². The summed E-state index contributed by atoms with van der Waals surface area (Å²) in [6.07, 6.45) is 0.368. The second kappa shape index (κ2) is 6.47. The van der Waals surface area contributed by atoms with Gasteiger partial charge in [0.2, 0.25) is 5.91 Å². The molecule has 2 N–H and O–H groups in total. The Hall–Kier alpha value is -1.16. The molecule has 4 bridgehead atoms. The van der Waals surface area contributed by atoms with Gasteiger partial charge >= 0.3 is 5.97 Å². The summed E-state index contributed by atoms with van der Waals surface area (Å²) < 4.78 is 66.1. The summed E-state index contributed by atoms with van der Waals surface area (Å²) in [6, 6.07) is 0. The summed E-state index contributed by atoms with van der Waals surface area (Å²) in [6.45, 7) is -0.607. The van der Waals surface area contributed by atoms with Gasteiger partial charge in [0.15, 0.2) is 6.17 Å². The van der Waals surface area contributed by atoms with Crippen LogP contribution in [0.1, 0.15) is 45.4 Å². The third kappa shape index (κ3) is 3.49. The average molecular weight is 397 g/mol. The Balaban J connectivity index is 1.76. The van der Waals surface area contributed by atoms with Gasteiger partial charge < -0.3 is 4.74 Å². The van der Waals surface area contributed by atoms with Crippen molar-refractivity contribution in [1.82, 2.24) is 4.72 Å². The SMILES string of the molecule is CC(F)(F)C(F)COC(=O)C12CC3CC(CC(C(=O)NS(=O)O)(C3)C1)C2. The minimum Gasteiger partial charge on any atom is -0.462 e. The summed E-state index contributed by atoms with van der Waals surface area (Å²) in [4.78, 5) is 25.1. The molecule has 4 rings (SSSR count). The lowest BCUT2D eigenvalue weighted by Gasteiger charge is -2.59. The van der Waals surface area contributed by atoms with Gasteiger partial charge in [-0.2, -0.15) is 0 Å². The molecular weight excluding hydrogens is 375 g/mol. The van der Waals surface area contributed by atoms with Crippen molar-refractivity contribution >= 4 is 23.1 Å². The van der Waals surface area contributed by atoms with Gasteiger partial charge in [0.25, 0.3) is 17.2 Å². The molecule has 148 valence electrons. The van der Waals surface area contributed by atoms with E-state index in [9.17, 15) is 27.0 Å². The fourth-order valence-corrected chi connectivity index (χ4v) is 5.78. The largest absolute Gasteiger partial charge is 0.462 e. The summed E-state index contributed by atoms with van der Waals surface area (Å²) in [5.41, 5.74) is -1.95. The van der Waals surface area contributed by atoms with E-state index in [1.54, 1.807) is 0 Å². The van der Waals surface area contributed by atoms with Crippen molar-refractivity contribution in [3.8, 4) is 0 Å². The summed E-state index contributed by atoms with van der Waals surface area (Å²) in [5, 5.41) is 0. The van der Waals surface area contributed by atoms with Gasteiger partial charge in [-0.3, -0.25) is 18.9 Å². The van der Waals surface area contributed by atoms with Crippen LogP contribution in [0.2, 0.25) is 0 Å². The van der Waals surface area contributed by atoms with Crippen LogP contribution in [-0.2, 0) is 25.6 Å². The number of esters is 1. The number of nitrogens with one attached hydrogen (secondary N) is 1. The molecule has 4 saturated carbocycles. The quantitative estimate of drug-likeness (QED) is 0.530. The molecule has 4 atom stereocenters. The molecular formula is C16H22F3NO5S. The molecule has 0 aromatic heterocycles. The Bertz CT molecular complexity index is 624. The molecule has 0 aliphatic heterocycles. The van der Waals surface area contributed by atoms with Gasteiger partial charge in [0, 0.05) is 6.92 Å². The van der Waals surface area contributed by atoms with Crippen LogP contribution in [0.5, 0.6) is 0 Å². The molecule has 26 heavy (non-hydrogen) atoms. The molecule has 0 aromatic carbocycles. The van der Waals surface area contributed by atoms with Crippen molar-refractivity contribution in [2.75, 3.05) is 6.61 Å². The highest BCUT2D eigenvalue weighted by Gasteiger charge is 2.64. The standard InChI is InChI=1S/C16H22F3NO5S/c1-14(18,19)11(17)7-25-13(22)16-5-9-2-10(6-16)4-15(3-9,8-16)12(21)20-26(23)24/h9-11H,2-8H2,1H3,(H,20,21)(H,23,24). The maximum Gasteiger partial charge on any atom is 0.312 e. The number of amides is 1. The van der Waals surface area contributed by atoms with Crippen LogP contribution in [-0.4, -0.2) is 39.3 Å². The van der Waals surface area contributed by atoms with Crippen LogP contribution >= 0.6 is 0 Å². The van der Waals surface area contributed by atoms with E-state index in [1.165, 1.54) is 0 Å². The number of hydrogen-bond acceptors (Lipinski definition) is 4. The molecule has 0 aromatic rings. The number of hydrogen-bond donors (Lipinski definition) is 2. The maximum atomic E-state index is 13.4. The fraction of sp³-hybridized carbons (Fsp3) is 0.875. The van der Waals surface area contributed by atoms with Crippen molar-refractivity contribution in [3.05, 3.63) is 0 Å². The van der Waals surface area contributed by atoms with Crippen LogP contribution < -0.4 is 4.72 Å². The number of carbonyl (C=O) groups is 2. The fourth-order valence-electron chi connectivity index (χ4n) is 5.40. The minimum absolute atomic E-state index is 0.0791. The van der Waals surface area contributed by atoms with Gasteiger partial charge in [0.1, 0.15) is 6.61 Å². The van der Waals surface area contributed by atoms with Crippen molar-refractivity contribution in [1.29, 1.82) is 0 Å². The van der Waals surface area contributed by atoms with Crippen LogP contribution in [0.25, 0.3) is 0 Å². The number of alkyl halides is 3. The van der Waals surface area contributed by atoms with Crippen molar-refractivity contribution in [2.24, 2.45) is 22.7 Å². The molecule has 4 fully saturated rings. The zero-order valence-corrected chi connectivity index (χ0v) is 15.1. The lowest BCUT2D eigenvalue weighted by atomic mass is 9.44. The average Bonchev–Trinajstić information content (AvgIpc) is 2.49. The van der Waals surface area contributed by atoms with Crippen molar-refractivity contribution < 1.29 is 36.3 Å². The second-order valence-corrected chi connectivity index (χ2v) is 8.93. The first-order valence-electron chi connectivity index (χ1n) is 8.57. The molecule has 4 aliphatic rings. The Morgan fingerprint density at radius 1 is 1.27 bits per heavy atom. The minimum atomic E-state index is -3.60. The Kier molecular flexibility index (Phi) is 4.88. The molecule has 6 nitrogen and oxygen atoms in total. The predicted molar refractivity (Wildman–Crippen MR) is 84.9 cm³/mol. The van der Waals surface area contributed by atoms with Gasteiger partial charge in [-0.25, -0.2) is 17.4 Å². The number of rotatable bonds is 6.